The molecule has 142 valence electrons. The Kier molecular flexibility index (Phi) is 5.17. The van der Waals surface area contributed by atoms with Crippen molar-refractivity contribution in [2.24, 2.45) is 0 Å². The molecule has 1 N–H and O–H groups in total. The number of hydrogen-bond acceptors (Lipinski definition) is 5. The van der Waals surface area contributed by atoms with Crippen molar-refractivity contribution in [3.05, 3.63) is 53.1 Å². The Bertz CT molecular complexity index is 936. The van der Waals surface area contributed by atoms with E-state index >= 15 is 0 Å². The minimum Gasteiger partial charge on any atom is -0.343 e. The highest BCUT2D eigenvalue weighted by molar-refractivity contribution is 6.30. The molecule has 7 nitrogen and oxygen atoms in total. The van der Waals surface area contributed by atoms with E-state index in [1.54, 1.807) is 31.2 Å². The molecule has 0 aliphatic heterocycles. The maximum absolute atomic E-state index is 12.5. The van der Waals surface area contributed by atoms with E-state index in [2.05, 4.69) is 20.6 Å². The first-order chi connectivity index (χ1) is 12.7. The van der Waals surface area contributed by atoms with E-state index in [4.69, 9.17) is 16.1 Å². The molecule has 0 bridgehead atoms. The first-order valence-electron chi connectivity index (χ1n) is 7.72. The summed E-state index contributed by atoms with van der Waals surface area (Å²) in [6.07, 6.45) is -3.48. The summed E-state index contributed by atoms with van der Waals surface area (Å²) in [6.45, 7) is 1.24. The van der Waals surface area contributed by atoms with Crippen molar-refractivity contribution < 1.29 is 22.5 Å². The first-order valence-corrected chi connectivity index (χ1v) is 8.10. The lowest BCUT2D eigenvalue weighted by Crippen LogP contribution is -2.30. The molecule has 1 atom stereocenters. The van der Waals surface area contributed by atoms with Gasteiger partial charge in [-0.2, -0.15) is 23.3 Å². The monoisotopic (exact) mass is 399 g/mol. The summed E-state index contributed by atoms with van der Waals surface area (Å²) in [6, 6.07) is 6.96. The van der Waals surface area contributed by atoms with Crippen LogP contribution >= 0.6 is 11.6 Å². The van der Waals surface area contributed by atoms with Gasteiger partial charge in [0.25, 0.3) is 0 Å². The van der Waals surface area contributed by atoms with E-state index < -0.39 is 23.8 Å². The lowest BCUT2D eigenvalue weighted by Gasteiger charge is -2.09. The van der Waals surface area contributed by atoms with Crippen molar-refractivity contribution in [3.8, 4) is 11.4 Å². The minimum atomic E-state index is -4.56. The summed E-state index contributed by atoms with van der Waals surface area (Å²) in [5.41, 5.74) is -0.378. The van der Waals surface area contributed by atoms with Crippen LogP contribution in [0.5, 0.6) is 0 Å². The molecule has 1 aromatic carbocycles. The molecule has 0 aliphatic carbocycles. The number of amides is 1. The zero-order valence-corrected chi connectivity index (χ0v) is 14.6. The fourth-order valence-electron chi connectivity index (χ4n) is 2.22. The van der Waals surface area contributed by atoms with Crippen molar-refractivity contribution in [3.63, 3.8) is 0 Å². The third kappa shape index (κ3) is 4.64. The minimum absolute atomic E-state index is 0.157. The van der Waals surface area contributed by atoms with E-state index in [9.17, 15) is 18.0 Å². The Morgan fingerprint density at radius 1 is 1.30 bits per heavy atom. The highest BCUT2D eigenvalue weighted by Gasteiger charge is 2.33. The summed E-state index contributed by atoms with van der Waals surface area (Å²) in [5, 5.41) is 10.3. The van der Waals surface area contributed by atoms with Crippen LogP contribution < -0.4 is 5.32 Å². The summed E-state index contributed by atoms with van der Waals surface area (Å²) >= 11 is 5.82. The molecule has 2 aromatic heterocycles. The first kappa shape index (κ1) is 18.9. The average Bonchev–Trinajstić information content (AvgIpc) is 3.24. The Morgan fingerprint density at radius 2 is 2.00 bits per heavy atom. The Balaban J connectivity index is 1.61. The summed E-state index contributed by atoms with van der Waals surface area (Å²) in [5.74, 6) is -0.0695. The number of aromatic nitrogens is 4. The Morgan fingerprint density at radius 3 is 2.63 bits per heavy atom. The second kappa shape index (κ2) is 7.39. The quantitative estimate of drug-likeness (QED) is 0.709. The molecule has 3 rings (SSSR count). The number of benzene rings is 1. The van der Waals surface area contributed by atoms with Crippen LogP contribution in [0.4, 0.5) is 13.2 Å². The van der Waals surface area contributed by atoms with Gasteiger partial charge < -0.3 is 9.84 Å². The number of carbonyl (C=O) groups is 1. The predicted octanol–water partition coefficient (Wildman–Crippen LogP) is 3.48. The van der Waals surface area contributed by atoms with Gasteiger partial charge in [0.15, 0.2) is 5.69 Å². The van der Waals surface area contributed by atoms with Gasteiger partial charge in [-0.15, -0.1) is 0 Å². The van der Waals surface area contributed by atoms with Crippen LogP contribution in [0, 0.1) is 0 Å². The summed E-state index contributed by atoms with van der Waals surface area (Å²) in [7, 11) is 0. The van der Waals surface area contributed by atoms with Crippen LogP contribution in [0.25, 0.3) is 11.4 Å². The third-order valence-corrected chi connectivity index (χ3v) is 3.78. The molecular weight excluding hydrogens is 387 g/mol. The molecule has 11 heteroatoms. The van der Waals surface area contributed by atoms with Crippen LogP contribution in [0.2, 0.25) is 5.02 Å². The van der Waals surface area contributed by atoms with Crippen molar-refractivity contribution in [2.45, 2.75) is 25.7 Å². The van der Waals surface area contributed by atoms with E-state index in [0.717, 1.165) is 16.9 Å². The zero-order chi connectivity index (χ0) is 19.6. The fourth-order valence-corrected chi connectivity index (χ4v) is 2.35. The third-order valence-electron chi connectivity index (χ3n) is 3.53. The van der Waals surface area contributed by atoms with E-state index in [1.807, 2.05) is 0 Å². The molecule has 27 heavy (non-hydrogen) atoms. The van der Waals surface area contributed by atoms with Crippen LogP contribution in [0.3, 0.4) is 0 Å². The van der Waals surface area contributed by atoms with Crippen LogP contribution in [0.15, 0.2) is 41.1 Å². The number of nitrogens with one attached hydrogen (secondary N) is 1. The average molecular weight is 400 g/mol. The van der Waals surface area contributed by atoms with Crippen LogP contribution in [-0.4, -0.2) is 25.8 Å². The van der Waals surface area contributed by atoms with Crippen LogP contribution in [0.1, 0.15) is 24.6 Å². The maximum Gasteiger partial charge on any atom is 0.435 e. The topological polar surface area (TPSA) is 85.8 Å². The van der Waals surface area contributed by atoms with E-state index in [0.29, 0.717) is 16.4 Å². The lowest BCUT2D eigenvalue weighted by atomic mass is 10.2. The fraction of sp³-hybridized carbons (Fsp3) is 0.250. The standard InChI is InChI=1S/C16H13ClF3N5O2/c1-9(15-22-14(24-27-15)10-2-4-11(17)5-3-10)21-13(26)8-25-7-6-12(23-25)16(18,19)20/h2-7,9H,8H2,1H3,(H,21,26). The normalized spacial score (nSPS) is 12.8. The van der Waals surface area contributed by atoms with E-state index in [-0.39, 0.29) is 12.4 Å². The highest BCUT2D eigenvalue weighted by Crippen LogP contribution is 2.27. The molecule has 0 radical (unpaired) electrons. The molecule has 0 saturated heterocycles. The van der Waals surface area contributed by atoms with Gasteiger partial charge in [-0.25, -0.2) is 0 Å². The number of carbonyl (C=O) groups excluding carboxylic acids is 1. The molecule has 1 unspecified atom stereocenters. The van der Waals surface area contributed by atoms with Gasteiger partial charge in [-0.1, -0.05) is 16.8 Å². The van der Waals surface area contributed by atoms with Gasteiger partial charge in [0.1, 0.15) is 12.6 Å². The van der Waals surface area contributed by atoms with Gasteiger partial charge in [-0.3, -0.25) is 9.48 Å². The Hall–Kier alpha value is -2.88. The zero-order valence-electron chi connectivity index (χ0n) is 13.9. The van der Waals surface area contributed by atoms with E-state index in [1.165, 1.54) is 0 Å². The smallest absolute Gasteiger partial charge is 0.343 e. The second-order valence-electron chi connectivity index (χ2n) is 5.65. The van der Waals surface area contributed by atoms with Gasteiger partial charge in [-0.05, 0) is 37.3 Å². The number of hydrogen-bond donors (Lipinski definition) is 1. The van der Waals surface area contributed by atoms with Gasteiger partial charge >= 0.3 is 6.18 Å². The number of halogens is 4. The van der Waals surface area contributed by atoms with Crippen molar-refractivity contribution in [1.82, 2.24) is 25.2 Å². The second-order valence-corrected chi connectivity index (χ2v) is 6.09. The lowest BCUT2D eigenvalue weighted by molar-refractivity contribution is -0.141. The van der Waals surface area contributed by atoms with Crippen molar-refractivity contribution in [1.29, 1.82) is 0 Å². The predicted molar refractivity (Wildman–Crippen MR) is 88.5 cm³/mol. The van der Waals surface area contributed by atoms with Gasteiger partial charge in [0, 0.05) is 16.8 Å². The highest BCUT2D eigenvalue weighted by atomic mass is 35.5. The maximum atomic E-state index is 12.5. The van der Waals surface area contributed by atoms with Crippen molar-refractivity contribution in [2.75, 3.05) is 0 Å². The molecule has 0 fully saturated rings. The molecular formula is C16H13ClF3N5O2. The SMILES string of the molecule is CC(NC(=O)Cn1ccc(C(F)(F)F)n1)c1nc(-c2ccc(Cl)cc2)no1. The molecule has 0 aliphatic rings. The molecule has 2 heterocycles. The van der Waals surface area contributed by atoms with Gasteiger partial charge in [0.05, 0.1) is 0 Å². The molecule has 1 amide bonds. The van der Waals surface area contributed by atoms with Crippen molar-refractivity contribution >= 4 is 17.5 Å². The number of nitrogens with zero attached hydrogens (tertiary/aromatic N) is 4. The Labute approximate surface area is 156 Å². The summed E-state index contributed by atoms with van der Waals surface area (Å²) < 4.78 is 43.6. The largest absolute Gasteiger partial charge is 0.435 e. The van der Waals surface area contributed by atoms with Crippen LogP contribution in [-0.2, 0) is 17.5 Å². The number of alkyl halides is 3. The molecule has 0 saturated carbocycles. The van der Waals surface area contributed by atoms with Gasteiger partial charge in [0.2, 0.25) is 17.6 Å². The number of rotatable bonds is 5. The molecule has 0 spiro atoms. The molecule has 3 aromatic rings. The summed E-state index contributed by atoms with van der Waals surface area (Å²) in [4.78, 5) is 16.2.